The average Bonchev–Trinajstić information content (AvgIpc) is 2.90. The second-order valence-corrected chi connectivity index (χ2v) is 5.24. The molecule has 0 amide bonds. The van der Waals surface area contributed by atoms with E-state index in [1.54, 1.807) is 0 Å². The number of rotatable bonds is 6. The van der Waals surface area contributed by atoms with Gasteiger partial charge in [0.1, 0.15) is 5.75 Å². The monoisotopic (exact) mass is 261 g/mol. The Morgan fingerprint density at radius 1 is 1.32 bits per heavy atom. The Morgan fingerprint density at radius 2 is 2.05 bits per heavy atom. The molecule has 0 N–H and O–H groups in total. The Kier molecular flexibility index (Phi) is 4.97. The van der Waals surface area contributed by atoms with Gasteiger partial charge in [0.15, 0.2) is 5.78 Å². The van der Waals surface area contributed by atoms with E-state index in [9.17, 15) is 4.79 Å². The molecule has 1 aliphatic heterocycles. The van der Waals surface area contributed by atoms with Crippen LogP contribution in [0.5, 0.6) is 5.75 Å². The van der Waals surface area contributed by atoms with Crippen molar-refractivity contribution in [1.29, 1.82) is 0 Å². The summed E-state index contributed by atoms with van der Waals surface area (Å²) >= 11 is 0. The third-order valence-corrected chi connectivity index (χ3v) is 3.52. The van der Waals surface area contributed by atoms with E-state index in [4.69, 9.17) is 4.74 Å². The van der Waals surface area contributed by atoms with Gasteiger partial charge in [0.25, 0.3) is 0 Å². The van der Waals surface area contributed by atoms with Gasteiger partial charge < -0.3 is 4.74 Å². The molecule has 0 unspecified atom stereocenters. The Labute approximate surface area is 115 Å². The molecule has 0 bridgehead atoms. The summed E-state index contributed by atoms with van der Waals surface area (Å²) in [6.45, 7) is 7.47. The minimum atomic E-state index is 0.215. The number of hydrogen-bond donors (Lipinski definition) is 0. The van der Waals surface area contributed by atoms with E-state index in [1.165, 1.54) is 12.8 Å². The van der Waals surface area contributed by atoms with Gasteiger partial charge in [-0.25, -0.2) is 0 Å². The minimum absolute atomic E-state index is 0.215. The minimum Gasteiger partial charge on any atom is -0.493 e. The fraction of sp³-hybridized carbons (Fsp3) is 0.562. The molecule has 0 saturated carbocycles. The van der Waals surface area contributed by atoms with Gasteiger partial charge in [-0.05, 0) is 63.0 Å². The third-order valence-electron chi connectivity index (χ3n) is 3.52. The molecule has 1 fully saturated rings. The molecule has 3 heteroatoms. The molecule has 2 rings (SSSR count). The van der Waals surface area contributed by atoms with Crippen LogP contribution in [0.2, 0.25) is 0 Å². The number of nitrogens with zero attached hydrogens (tertiary/aromatic N) is 1. The van der Waals surface area contributed by atoms with Crippen molar-refractivity contribution in [2.45, 2.75) is 33.1 Å². The summed E-state index contributed by atoms with van der Waals surface area (Å²) in [4.78, 5) is 14.4. The highest BCUT2D eigenvalue weighted by atomic mass is 16.5. The molecule has 0 aliphatic carbocycles. The lowest BCUT2D eigenvalue weighted by atomic mass is 10.1. The smallest absolute Gasteiger partial charge is 0.176 e. The number of Topliss-reactive ketones (excluding diaryl/α,β-unsaturated/α-hetero) is 1. The molecule has 0 aromatic heterocycles. The number of aryl methyl sites for hydroxylation is 1. The summed E-state index contributed by atoms with van der Waals surface area (Å²) in [5.74, 6) is 1.10. The topological polar surface area (TPSA) is 29.5 Å². The summed E-state index contributed by atoms with van der Waals surface area (Å²) in [7, 11) is 0. The normalized spacial score (nSPS) is 15.7. The van der Waals surface area contributed by atoms with Crippen LogP contribution in [0.15, 0.2) is 18.2 Å². The fourth-order valence-electron chi connectivity index (χ4n) is 2.43. The Morgan fingerprint density at radius 3 is 2.68 bits per heavy atom. The molecule has 1 aromatic carbocycles. The van der Waals surface area contributed by atoms with Crippen LogP contribution in [-0.4, -0.2) is 36.9 Å². The Hall–Kier alpha value is -1.35. The number of benzene rings is 1. The maximum absolute atomic E-state index is 12.2. The van der Waals surface area contributed by atoms with Crippen molar-refractivity contribution in [3.8, 4) is 5.75 Å². The maximum Gasteiger partial charge on any atom is 0.176 e. The second-order valence-electron chi connectivity index (χ2n) is 5.24. The summed E-state index contributed by atoms with van der Waals surface area (Å²) in [6.07, 6.45) is 3.43. The molecular formula is C16H23NO2. The molecule has 3 nitrogen and oxygen atoms in total. The van der Waals surface area contributed by atoms with Crippen LogP contribution in [0, 0.1) is 6.92 Å². The van der Waals surface area contributed by atoms with Crippen LogP contribution in [0.1, 0.15) is 42.1 Å². The van der Waals surface area contributed by atoms with Crippen LogP contribution in [-0.2, 0) is 0 Å². The predicted molar refractivity (Wildman–Crippen MR) is 77.0 cm³/mol. The number of likely N-dealkylation sites (tertiary alicyclic amines) is 1. The van der Waals surface area contributed by atoms with Gasteiger partial charge in [0, 0.05) is 5.56 Å². The zero-order chi connectivity index (χ0) is 13.7. The molecule has 0 atom stereocenters. The average molecular weight is 261 g/mol. The van der Waals surface area contributed by atoms with Crippen molar-refractivity contribution >= 4 is 5.78 Å². The van der Waals surface area contributed by atoms with Crippen LogP contribution in [0.4, 0.5) is 0 Å². The van der Waals surface area contributed by atoms with Crippen molar-refractivity contribution in [2.24, 2.45) is 0 Å². The van der Waals surface area contributed by atoms with Crippen molar-refractivity contribution in [3.63, 3.8) is 0 Å². The van der Waals surface area contributed by atoms with Gasteiger partial charge in [0.05, 0.1) is 13.2 Å². The Balaban J connectivity index is 1.99. The highest BCUT2D eigenvalue weighted by molar-refractivity contribution is 5.98. The van der Waals surface area contributed by atoms with E-state index >= 15 is 0 Å². The zero-order valence-electron chi connectivity index (χ0n) is 11.9. The summed E-state index contributed by atoms with van der Waals surface area (Å²) in [6, 6.07) is 5.75. The van der Waals surface area contributed by atoms with Crippen LogP contribution in [0.3, 0.4) is 0 Å². The van der Waals surface area contributed by atoms with Gasteiger partial charge in [-0.2, -0.15) is 0 Å². The fourth-order valence-corrected chi connectivity index (χ4v) is 2.43. The van der Waals surface area contributed by atoms with E-state index in [0.717, 1.165) is 43.0 Å². The lowest BCUT2D eigenvalue weighted by Crippen LogP contribution is -2.26. The van der Waals surface area contributed by atoms with Gasteiger partial charge in [-0.1, -0.05) is 6.92 Å². The van der Waals surface area contributed by atoms with Crippen LogP contribution < -0.4 is 4.74 Å². The number of carbonyl (C=O) groups excluding carboxylic acids is 1. The van der Waals surface area contributed by atoms with Crippen LogP contribution >= 0.6 is 0 Å². The lowest BCUT2D eigenvalue weighted by molar-refractivity contribution is 0.0945. The molecule has 19 heavy (non-hydrogen) atoms. The van der Waals surface area contributed by atoms with E-state index in [0.29, 0.717) is 6.54 Å². The maximum atomic E-state index is 12.2. The zero-order valence-corrected chi connectivity index (χ0v) is 11.9. The second kappa shape index (κ2) is 6.71. The molecule has 1 heterocycles. The standard InChI is InChI=1S/C16H23NO2/c1-3-10-19-16-7-6-14(11-13(16)2)15(18)12-17-8-4-5-9-17/h6-7,11H,3-5,8-10,12H2,1-2H3. The quantitative estimate of drug-likeness (QED) is 0.737. The molecule has 104 valence electrons. The van der Waals surface area contributed by atoms with Gasteiger partial charge in [-0.3, -0.25) is 9.69 Å². The molecular weight excluding hydrogens is 238 g/mol. The van der Waals surface area contributed by atoms with Crippen LogP contribution in [0.25, 0.3) is 0 Å². The number of ether oxygens (including phenoxy) is 1. The van der Waals surface area contributed by atoms with E-state index < -0.39 is 0 Å². The van der Waals surface area contributed by atoms with Gasteiger partial charge >= 0.3 is 0 Å². The van der Waals surface area contributed by atoms with Gasteiger partial charge in [0.2, 0.25) is 0 Å². The largest absolute Gasteiger partial charge is 0.493 e. The summed E-state index contributed by atoms with van der Waals surface area (Å²) in [5.41, 5.74) is 1.84. The molecule has 0 radical (unpaired) electrons. The summed E-state index contributed by atoms with van der Waals surface area (Å²) in [5, 5.41) is 0. The first-order valence-electron chi connectivity index (χ1n) is 7.19. The van der Waals surface area contributed by atoms with Gasteiger partial charge in [-0.15, -0.1) is 0 Å². The molecule has 1 aromatic rings. The first-order chi connectivity index (χ1) is 9.20. The molecule has 1 saturated heterocycles. The summed E-state index contributed by atoms with van der Waals surface area (Å²) < 4.78 is 5.63. The van der Waals surface area contributed by atoms with Crippen molar-refractivity contribution in [1.82, 2.24) is 4.90 Å². The first kappa shape index (κ1) is 14.1. The van der Waals surface area contributed by atoms with Crippen molar-refractivity contribution in [3.05, 3.63) is 29.3 Å². The van der Waals surface area contributed by atoms with E-state index in [1.807, 2.05) is 25.1 Å². The lowest BCUT2D eigenvalue weighted by Gasteiger charge is -2.14. The van der Waals surface area contributed by atoms with Crippen molar-refractivity contribution in [2.75, 3.05) is 26.2 Å². The highest BCUT2D eigenvalue weighted by Gasteiger charge is 2.16. The predicted octanol–water partition coefficient (Wildman–Crippen LogP) is 3.06. The number of carbonyl (C=O) groups is 1. The third kappa shape index (κ3) is 3.80. The SMILES string of the molecule is CCCOc1ccc(C(=O)CN2CCCC2)cc1C. The first-order valence-corrected chi connectivity index (χ1v) is 7.19. The Bertz CT molecular complexity index is 436. The van der Waals surface area contributed by atoms with E-state index in [2.05, 4.69) is 11.8 Å². The molecule has 1 aliphatic rings. The van der Waals surface area contributed by atoms with Crippen molar-refractivity contribution < 1.29 is 9.53 Å². The number of hydrogen-bond acceptors (Lipinski definition) is 3. The number of ketones is 1. The van der Waals surface area contributed by atoms with E-state index in [-0.39, 0.29) is 5.78 Å². The molecule has 0 spiro atoms. The highest BCUT2D eigenvalue weighted by Crippen LogP contribution is 2.20.